The van der Waals surface area contributed by atoms with Crippen molar-refractivity contribution in [1.29, 1.82) is 0 Å². The molecule has 3 N–H and O–H groups in total. The molecule has 0 unspecified atom stereocenters. The molecule has 0 radical (unpaired) electrons. The highest BCUT2D eigenvalue weighted by Crippen LogP contribution is 1.91. The van der Waals surface area contributed by atoms with Gasteiger partial charge in [0, 0.05) is 13.1 Å². The van der Waals surface area contributed by atoms with Crippen LogP contribution in [0.4, 0.5) is 0 Å². The summed E-state index contributed by atoms with van der Waals surface area (Å²) in [6, 6.07) is 0. The van der Waals surface area contributed by atoms with Gasteiger partial charge in [-0.2, -0.15) is 0 Å². The predicted octanol–water partition coefficient (Wildman–Crippen LogP) is 2.34. The van der Waals surface area contributed by atoms with Gasteiger partial charge in [0.25, 0.3) is 0 Å². The quantitative estimate of drug-likeness (QED) is 0.323. The molecule has 0 aromatic rings. The van der Waals surface area contributed by atoms with E-state index in [9.17, 15) is 0 Å². The van der Waals surface area contributed by atoms with Crippen LogP contribution in [0.1, 0.15) is 52.4 Å². The van der Waals surface area contributed by atoms with Crippen LogP contribution in [-0.4, -0.2) is 18.2 Å². The van der Waals surface area contributed by atoms with Crippen LogP contribution in [0.25, 0.3) is 0 Å². The molecule has 0 aliphatic heterocycles. The Labute approximate surface area is 99.4 Å². The fraction of sp³-hybridized carbons (Fsp3) is 0.909. The summed E-state index contributed by atoms with van der Waals surface area (Å²) in [6.07, 6.45) is 7.42. The van der Waals surface area contributed by atoms with E-state index in [1.54, 1.807) is 0 Å². The summed E-state index contributed by atoms with van der Waals surface area (Å²) in [7, 11) is 0. The van der Waals surface area contributed by atoms with Crippen molar-refractivity contribution in [2.45, 2.75) is 52.4 Å². The Morgan fingerprint density at radius 1 is 0.933 bits per heavy atom. The minimum atomic E-state index is 0.711. The largest absolute Gasteiger partial charge is 0.362 e. The maximum Gasteiger partial charge on any atom is 0.180 e. The van der Waals surface area contributed by atoms with Gasteiger partial charge in [0.1, 0.15) is 0 Å². The first kappa shape index (κ1) is 14.6. The zero-order valence-electron chi connectivity index (χ0n) is 10.1. The highest BCUT2D eigenvalue weighted by atomic mass is 32.1. The maximum atomic E-state index is 5.10. The standard InChI is InChI=1S/C11H25N3S/c1-3-5-7-9-12-11(15)14-13-10-8-6-4-2/h13H,3-10H2,1-2H3,(H2,12,14,15). The monoisotopic (exact) mass is 231 g/mol. The Balaban J connectivity index is 3.11. The van der Waals surface area contributed by atoms with E-state index in [2.05, 4.69) is 30.0 Å². The fourth-order valence-electron chi connectivity index (χ4n) is 1.23. The molecule has 90 valence electrons. The van der Waals surface area contributed by atoms with Gasteiger partial charge in [0.2, 0.25) is 0 Å². The van der Waals surface area contributed by atoms with Gasteiger partial charge < -0.3 is 5.32 Å². The summed E-state index contributed by atoms with van der Waals surface area (Å²) in [5, 5.41) is 3.88. The van der Waals surface area contributed by atoms with Crippen LogP contribution in [0.2, 0.25) is 0 Å². The zero-order valence-corrected chi connectivity index (χ0v) is 10.9. The number of nitrogens with one attached hydrogen (secondary N) is 3. The van der Waals surface area contributed by atoms with Crippen LogP contribution in [0.5, 0.6) is 0 Å². The molecule has 0 fully saturated rings. The number of hydrazine groups is 1. The van der Waals surface area contributed by atoms with E-state index in [0.29, 0.717) is 5.11 Å². The van der Waals surface area contributed by atoms with E-state index < -0.39 is 0 Å². The van der Waals surface area contributed by atoms with Gasteiger partial charge in [-0.3, -0.25) is 5.43 Å². The smallest absolute Gasteiger partial charge is 0.180 e. The van der Waals surface area contributed by atoms with Crippen molar-refractivity contribution in [3.63, 3.8) is 0 Å². The average molecular weight is 231 g/mol. The van der Waals surface area contributed by atoms with Crippen LogP contribution >= 0.6 is 12.2 Å². The van der Waals surface area contributed by atoms with E-state index in [-0.39, 0.29) is 0 Å². The van der Waals surface area contributed by atoms with Crippen molar-refractivity contribution >= 4 is 17.3 Å². The van der Waals surface area contributed by atoms with Gasteiger partial charge in [0.15, 0.2) is 5.11 Å². The Kier molecular flexibility index (Phi) is 11.4. The molecular weight excluding hydrogens is 206 g/mol. The maximum absolute atomic E-state index is 5.10. The van der Waals surface area contributed by atoms with Crippen molar-refractivity contribution in [3.8, 4) is 0 Å². The molecule has 0 aliphatic carbocycles. The van der Waals surface area contributed by atoms with Gasteiger partial charge in [-0.1, -0.05) is 39.5 Å². The van der Waals surface area contributed by atoms with Crippen LogP contribution in [0.15, 0.2) is 0 Å². The van der Waals surface area contributed by atoms with Crippen molar-refractivity contribution in [1.82, 2.24) is 16.2 Å². The molecule has 0 atom stereocenters. The van der Waals surface area contributed by atoms with Crippen molar-refractivity contribution in [2.24, 2.45) is 0 Å². The molecule has 0 saturated carbocycles. The molecule has 0 bridgehead atoms. The second kappa shape index (κ2) is 11.7. The zero-order chi connectivity index (χ0) is 11.4. The second-order valence-electron chi connectivity index (χ2n) is 3.72. The van der Waals surface area contributed by atoms with Crippen molar-refractivity contribution in [3.05, 3.63) is 0 Å². The van der Waals surface area contributed by atoms with E-state index in [1.807, 2.05) is 0 Å². The molecule has 0 amide bonds. The number of hydrogen-bond donors (Lipinski definition) is 3. The summed E-state index contributed by atoms with van der Waals surface area (Å²) in [5.41, 5.74) is 6.10. The molecule has 0 saturated heterocycles. The summed E-state index contributed by atoms with van der Waals surface area (Å²) >= 11 is 5.10. The van der Waals surface area contributed by atoms with Gasteiger partial charge in [-0.15, -0.1) is 0 Å². The molecule has 0 aliphatic rings. The molecular formula is C11H25N3S. The average Bonchev–Trinajstić information content (AvgIpc) is 2.24. The minimum absolute atomic E-state index is 0.711. The molecule has 0 heterocycles. The van der Waals surface area contributed by atoms with Crippen LogP contribution < -0.4 is 16.2 Å². The summed E-state index contributed by atoms with van der Waals surface area (Å²) < 4.78 is 0. The molecule has 0 aromatic carbocycles. The normalized spacial score (nSPS) is 10.0. The van der Waals surface area contributed by atoms with E-state index in [0.717, 1.165) is 13.1 Å². The summed E-state index contributed by atoms with van der Waals surface area (Å²) in [5.74, 6) is 0. The molecule has 0 spiro atoms. The first-order chi connectivity index (χ1) is 7.31. The summed E-state index contributed by atoms with van der Waals surface area (Å²) in [6.45, 7) is 6.35. The lowest BCUT2D eigenvalue weighted by atomic mass is 10.2. The lowest BCUT2D eigenvalue weighted by Crippen LogP contribution is -2.44. The SMILES string of the molecule is CCCCCNNC(=S)NCCCCC. The Morgan fingerprint density at radius 3 is 2.13 bits per heavy atom. The third kappa shape index (κ3) is 11.6. The Hall–Kier alpha value is -0.350. The fourth-order valence-corrected chi connectivity index (χ4v) is 1.40. The van der Waals surface area contributed by atoms with Gasteiger partial charge >= 0.3 is 0 Å². The van der Waals surface area contributed by atoms with E-state index in [1.165, 1.54) is 38.5 Å². The number of hydrogen-bond acceptors (Lipinski definition) is 2. The van der Waals surface area contributed by atoms with E-state index in [4.69, 9.17) is 12.2 Å². The van der Waals surface area contributed by atoms with Gasteiger partial charge in [-0.05, 0) is 25.1 Å². The van der Waals surface area contributed by atoms with Crippen molar-refractivity contribution in [2.75, 3.05) is 13.1 Å². The number of unbranched alkanes of at least 4 members (excludes halogenated alkanes) is 4. The third-order valence-corrected chi connectivity index (χ3v) is 2.42. The van der Waals surface area contributed by atoms with Crippen LogP contribution in [0, 0.1) is 0 Å². The predicted molar refractivity (Wildman–Crippen MR) is 70.8 cm³/mol. The van der Waals surface area contributed by atoms with Crippen molar-refractivity contribution < 1.29 is 0 Å². The number of rotatable bonds is 9. The summed E-state index contributed by atoms with van der Waals surface area (Å²) in [4.78, 5) is 0. The highest BCUT2D eigenvalue weighted by molar-refractivity contribution is 7.80. The number of thiocarbonyl (C=S) groups is 1. The van der Waals surface area contributed by atoms with E-state index >= 15 is 0 Å². The van der Waals surface area contributed by atoms with Crippen LogP contribution in [-0.2, 0) is 0 Å². The minimum Gasteiger partial charge on any atom is -0.362 e. The lowest BCUT2D eigenvalue weighted by Gasteiger charge is -2.10. The van der Waals surface area contributed by atoms with Crippen LogP contribution in [0.3, 0.4) is 0 Å². The highest BCUT2D eigenvalue weighted by Gasteiger charge is 1.93. The molecule has 15 heavy (non-hydrogen) atoms. The third-order valence-electron chi connectivity index (χ3n) is 2.17. The molecule has 4 heteroatoms. The first-order valence-electron chi connectivity index (χ1n) is 6.08. The molecule has 3 nitrogen and oxygen atoms in total. The Morgan fingerprint density at radius 2 is 1.53 bits per heavy atom. The molecule has 0 rings (SSSR count). The van der Waals surface area contributed by atoms with Gasteiger partial charge in [0.05, 0.1) is 0 Å². The molecule has 0 aromatic heterocycles. The van der Waals surface area contributed by atoms with Gasteiger partial charge in [-0.25, -0.2) is 5.43 Å². The second-order valence-corrected chi connectivity index (χ2v) is 4.13. The Bertz CT molecular complexity index is 151. The first-order valence-corrected chi connectivity index (χ1v) is 6.48. The lowest BCUT2D eigenvalue weighted by molar-refractivity contribution is 0.584. The topological polar surface area (TPSA) is 36.1 Å².